The van der Waals surface area contributed by atoms with Gasteiger partial charge in [-0.3, -0.25) is 4.98 Å². The molecule has 0 aliphatic heterocycles. The lowest BCUT2D eigenvalue weighted by atomic mass is 9.83. The molecule has 1 aromatic heterocycles. The standard InChI is InChI=1S/C34H29N/c1-4-27(25(3)28-12-6-5-7-13-28)22-26-17-18-30(29-14-10-11-24(2)21-29)33(23-26)31-19-20-35-34-16-9-8-15-32(31)34/h4-16,18-23H,3,17H2,1-2H3/b26-22+,27-4+. The number of para-hydroxylation sites is 1. The lowest BCUT2D eigenvalue weighted by Gasteiger charge is -2.21. The number of fused-ring (bicyclic) bond motifs is 1. The van der Waals surface area contributed by atoms with E-state index < -0.39 is 0 Å². The molecular formula is C34H29N. The van der Waals surface area contributed by atoms with Gasteiger partial charge in [0.15, 0.2) is 0 Å². The van der Waals surface area contributed by atoms with Crippen LogP contribution in [0.15, 0.2) is 133 Å². The van der Waals surface area contributed by atoms with E-state index in [-0.39, 0.29) is 0 Å². The SMILES string of the molecule is C=C(C(/C=C1/C=C(c2ccnc3ccccc23)C(c2cccc(C)c2)=CC1)=C/C)c1ccccc1. The summed E-state index contributed by atoms with van der Waals surface area (Å²) in [7, 11) is 0. The molecule has 35 heavy (non-hydrogen) atoms. The van der Waals surface area contributed by atoms with E-state index in [4.69, 9.17) is 0 Å². The lowest BCUT2D eigenvalue weighted by molar-refractivity contribution is 1.26. The van der Waals surface area contributed by atoms with Crippen LogP contribution in [-0.4, -0.2) is 4.98 Å². The van der Waals surface area contributed by atoms with E-state index in [0.29, 0.717) is 0 Å². The molecule has 0 atom stereocenters. The topological polar surface area (TPSA) is 12.9 Å². The minimum atomic E-state index is 0.870. The summed E-state index contributed by atoms with van der Waals surface area (Å²) in [4.78, 5) is 4.60. The molecule has 0 bridgehead atoms. The molecule has 1 heterocycles. The molecule has 1 aliphatic rings. The highest BCUT2D eigenvalue weighted by Gasteiger charge is 2.18. The maximum Gasteiger partial charge on any atom is 0.0708 e. The van der Waals surface area contributed by atoms with Gasteiger partial charge in [0, 0.05) is 11.6 Å². The first-order valence-corrected chi connectivity index (χ1v) is 12.1. The maximum absolute atomic E-state index is 4.60. The Kier molecular flexibility index (Phi) is 6.41. The second kappa shape index (κ2) is 9.95. The molecule has 4 aromatic rings. The fraction of sp³-hybridized carbons (Fsp3) is 0.0882. The van der Waals surface area contributed by atoms with Crippen molar-refractivity contribution in [1.29, 1.82) is 0 Å². The molecule has 0 spiro atoms. The van der Waals surface area contributed by atoms with E-state index >= 15 is 0 Å². The summed E-state index contributed by atoms with van der Waals surface area (Å²) in [5.74, 6) is 0. The van der Waals surface area contributed by atoms with Gasteiger partial charge in [0.1, 0.15) is 0 Å². The predicted octanol–water partition coefficient (Wildman–Crippen LogP) is 9.00. The van der Waals surface area contributed by atoms with Crippen molar-refractivity contribution in [3.8, 4) is 0 Å². The second-order valence-corrected chi connectivity index (χ2v) is 8.93. The first-order valence-electron chi connectivity index (χ1n) is 12.1. The zero-order chi connectivity index (χ0) is 24.2. The van der Waals surface area contributed by atoms with Gasteiger partial charge < -0.3 is 0 Å². The van der Waals surface area contributed by atoms with Gasteiger partial charge in [-0.15, -0.1) is 0 Å². The molecular weight excluding hydrogens is 422 g/mol. The summed E-state index contributed by atoms with van der Waals surface area (Å²) >= 11 is 0. The smallest absolute Gasteiger partial charge is 0.0708 e. The summed E-state index contributed by atoms with van der Waals surface area (Å²) < 4.78 is 0. The normalized spacial score (nSPS) is 15.1. The van der Waals surface area contributed by atoms with Crippen LogP contribution in [-0.2, 0) is 0 Å². The molecule has 0 saturated carbocycles. The number of allylic oxidation sites excluding steroid dienone is 9. The lowest BCUT2D eigenvalue weighted by Crippen LogP contribution is -1.99. The molecule has 170 valence electrons. The van der Waals surface area contributed by atoms with E-state index in [9.17, 15) is 0 Å². The van der Waals surface area contributed by atoms with Crippen LogP contribution in [0.2, 0.25) is 0 Å². The van der Waals surface area contributed by atoms with Crippen molar-refractivity contribution in [2.45, 2.75) is 20.3 Å². The first-order chi connectivity index (χ1) is 17.1. The highest BCUT2D eigenvalue weighted by molar-refractivity contribution is 6.11. The monoisotopic (exact) mass is 451 g/mol. The van der Waals surface area contributed by atoms with E-state index in [1.165, 1.54) is 38.8 Å². The Hall–Kier alpha value is -4.23. The quantitative estimate of drug-likeness (QED) is 0.276. The molecule has 0 unspecified atom stereocenters. The molecule has 5 rings (SSSR count). The van der Waals surface area contributed by atoms with Crippen LogP contribution in [0.4, 0.5) is 0 Å². The summed E-state index contributed by atoms with van der Waals surface area (Å²) in [6.45, 7) is 8.63. The van der Waals surface area contributed by atoms with E-state index in [2.05, 4.69) is 123 Å². The van der Waals surface area contributed by atoms with Crippen LogP contribution in [0.3, 0.4) is 0 Å². The van der Waals surface area contributed by atoms with Gasteiger partial charge in [0.2, 0.25) is 0 Å². The van der Waals surface area contributed by atoms with Crippen molar-refractivity contribution < 1.29 is 0 Å². The van der Waals surface area contributed by atoms with E-state index in [1.807, 2.05) is 18.3 Å². The predicted molar refractivity (Wildman–Crippen MR) is 151 cm³/mol. The number of hydrogen-bond donors (Lipinski definition) is 0. The molecule has 1 nitrogen and oxygen atoms in total. The van der Waals surface area contributed by atoms with Crippen LogP contribution in [0, 0.1) is 6.92 Å². The van der Waals surface area contributed by atoms with E-state index in [1.54, 1.807) is 0 Å². The van der Waals surface area contributed by atoms with Gasteiger partial charge in [-0.1, -0.05) is 109 Å². The molecule has 0 N–H and O–H groups in total. The number of benzene rings is 3. The Labute approximate surface area is 208 Å². The third-order valence-corrected chi connectivity index (χ3v) is 6.55. The zero-order valence-corrected chi connectivity index (χ0v) is 20.3. The number of nitrogens with zero attached hydrogens (tertiary/aromatic N) is 1. The number of hydrogen-bond acceptors (Lipinski definition) is 1. The molecule has 3 aromatic carbocycles. The molecule has 0 amide bonds. The van der Waals surface area contributed by atoms with Crippen molar-refractivity contribution >= 4 is 27.6 Å². The van der Waals surface area contributed by atoms with Crippen LogP contribution in [0.1, 0.15) is 35.6 Å². The number of pyridine rings is 1. The summed E-state index contributed by atoms with van der Waals surface area (Å²) in [6, 6.07) is 29.7. The minimum Gasteiger partial charge on any atom is -0.256 e. The van der Waals surface area contributed by atoms with Crippen LogP contribution >= 0.6 is 0 Å². The van der Waals surface area contributed by atoms with Crippen molar-refractivity contribution in [3.63, 3.8) is 0 Å². The Morgan fingerprint density at radius 1 is 0.886 bits per heavy atom. The van der Waals surface area contributed by atoms with Gasteiger partial charge in [0.25, 0.3) is 0 Å². The van der Waals surface area contributed by atoms with Crippen molar-refractivity contribution in [3.05, 3.63) is 155 Å². The highest BCUT2D eigenvalue weighted by atomic mass is 14.6. The zero-order valence-electron chi connectivity index (χ0n) is 20.3. The molecule has 1 aliphatic carbocycles. The van der Waals surface area contributed by atoms with Crippen molar-refractivity contribution in [2.24, 2.45) is 0 Å². The van der Waals surface area contributed by atoms with Crippen molar-refractivity contribution in [1.82, 2.24) is 4.98 Å². The second-order valence-electron chi connectivity index (χ2n) is 8.93. The average molecular weight is 452 g/mol. The molecule has 0 radical (unpaired) electrons. The number of aryl methyl sites for hydroxylation is 1. The summed E-state index contributed by atoms with van der Waals surface area (Å²) in [6.07, 6.45) is 11.9. The minimum absolute atomic E-state index is 0.870. The third-order valence-electron chi connectivity index (χ3n) is 6.55. The summed E-state index contributed by atoms with van der Waals surface area (Å²) in [5, 5.41) is 1.17. The Bertz CT molecular complexity index is 1520. The largest absolute Gasteiger partial charge is 0.256 e. The average Bonchev–Trinajstić information content (AvgIpc) is 2.91. The van der Waals surface area contributed by atoms with Crippen molar-refractivity contribution in [2.75, 3.05) is 0 Å². The fourth-order valence-corrected chi connectivity index (χ4v) is 4.74. The van der Waals surface area contributed by atoms with Gasteiger partial charge in [0.05, 0.1) is 5.52 Å². The van der Waals surface area contributed by atoms with Gasteiger partial charge in [-0.2, -0.15) is 0 Å². The molecule has 1 heteroatoms. The molecule has 0 saturated heterocycles. The van der Waals surface area contributed by atoms with Crippen LogP contribution in [0.25, 0.3) is 27.6 Å². The van der Waals surface area contributed by atoms with E-state index in [0.717, 1.165) is 28.6 Å². The number of aromatic nitrogens is 1. The Morgan fingerprint density at radius 2 is 1.69 bits per heavy atom. The maximum atomic E-state index is 4.60. The van der Waals surface area contributed by atoms with Crippen LogP contribution in [0.5, 0.6) is 0 Å². The number of rotatable bonds is 5. The summed E-state index contributed by atoms with van der Waals surface area (Å²) in [5.41, 5.74) is 11.8. The van der Waals surface area contributed by atoms with Gasteiger partial charge in [-0.05, 0) is 77.0 Å². The van der Waals surface area contributed by atoms with Gasteiger partial charge in [-0.25, -0.2) is 0 Å². The first kappa shape index (κ1) is 22.6. The molecule has 0 fully saturated rings. The Morgan fingerprint density at radius 3 is 2.49 bits per heavy atom. The highest BCUT2D eigenvalue weighted by Crippen LogP contribution is 2.40. The van der Waals surface area contributed by atoms with Crippen LogP contribution < -0.4 is 0 Å². The third kappa shape index (κ3) is 4.72. The van der Waals surface area contributed by atoms with Gasteiger partial charge >= 0.3 is 0 Å². The Balaban J connectivity index is 1.63. The fourth-order valence-electron chi connectivity index (χ4n) is 4.74.